The molecule has 1 atom stereocenters. The van der Waals surface area contributed by atoms with Crippen molar-refractivity contribution in [3.63, 3.8) is 0 Å². The molecule has 8 heteroatoms. The van der Waals surface area contributed by atoms with E-state index in [0.29, 0.717) is 11.2 Å². The minimum absolute atomic E-state index is 0. The molecular formula is C22H31ClIN5O. The smallest absolute Gasteiger partial charge is 0.191 e. The zero-order valence-electron chi connectivity index (χ0n) is 17.6. The molecule has 0 spiro atoms. The highest BCUT2D eigenvalue weighted by atomic mass is 127. The lowest BCUT2D eigenvalue weighted by atomic mass is 10.1. The van der Waals surface area contributed by atoms with Crippen LogP contribution in [0.4, 0.5) is 0 Å². The first-order valence-corrected chi connectivity index (χ1v) is 10.5. The minimum atomic E-state index is 0. The van der Waals surface area contributed by atoms with Crippen LogP contribution in [0.3, 0.4) is 0 Å². The number of aromatic nitrogens is 1. The molecule has 6 nitrogen and oxygen atoms in total. The van der Waals surface area contributed by atoms with Crippen molar-refractivity contribution < 1.29 is 4.74 Å². The fraction of sp³-hybridized carbons (Fsp3) is 0.455. The number of likely N-dealkylation sites (tertiary alicyclic amines) is 1. The molecule has 3 rings (SSSR count). The van der Waals surface area contributed by atoms with Crippen molar-refractivity contribution >= 4 is 41.5 Å². The SMILES string of the molecule is CN=C(NCCc1ccc(Cl)nc1)NCC(c1ccc(OC)cc1)N1CCCC1.I. The van der Waals surface area contributed by atoms with Gasteiger partial charge in [-0.25, -0.2) is 4.98 Å². The first-order chi connectivity index (χ1) is 14.2. The van der Waals surface area contributed by atoms with Crippen LogP contribution < -0.4 is 15.4 Å². The molecule has 1 fully saturated rings. The second-order valence-electron chi connectivity index (χ2n) is 7.15. The monoisotopic (exact) mass is 543 g/mol. The number of hydrogen-bond acceptors (Lipinski definition) is 4. The van der Waals surface area contributed by atoms with Crippen molar-refractivity contribution in [1.82, 2.24) is 20.5 Å². The van der Waals surface area contributed by atoms with E-state index in [1.165, 1.54) is 18.4 Å². The zero-order valence-corrected chi connectivity index (χ0v) is 20.7. The lowest BCUT2D eigenvalue weighted by molar-refractivity contribution is 0.245. The molecule has 1 saturated heterocycles. The summed E-state index contributed by atoms with van der Waals surface area (Å²) in [6, 6.07) is 12.5. The van der Waals surface area contributed by atoms with Gasteiger partial charge in [-0.1, -0.05) is 29.8 Å². The van der Waals surface area contributed by atoms with Crippen LogP contribution in [0.1, 0.15) is 30.0 Å². The summed E-state index contributed by atoms with van der Waals surface area (Å²) >= 11 is 5.84. The molecule has 1 aromatic carbocycles. The average Bonchev–Trinajstić information content (AvgIpc) is 3.29. The fourth-order valence-corrected chi connectivity index (χ4v) is 3.74. The van der Waals surface area contributed by atoms with Crippen LogP contribution in [0.5, 0.6) is 5.75 Å². The highest BCUT2D eigenvalue weighted by Crippen LogP contribution is 2.26. The lowest BCUT2D eigenvalue weighted by Gasteiger charge is -2.29. The highest BCUT2D eigenvalue weighted by molar-refractivity contribution is 14.0. The van der Waals surface area contributed by atoms with Gasteiger partial charge in [-0.05, 0) is 61.7 Å². The maximum absolute atomic E-state index is 5.84. The Balaban J connectivity index is 0.00000320. The van der Waals surface area contributed by atoms with E-state index < -0.39 is 0 Å². The quantitative estimate of drug-likeness (QED) is 0.229. The largest absolute Gasteiger partial charge is 0.497 e. The Bertz CT molecular complexity index is 779. The van der Waals surface area contributed by atoms with Gasteiger partial charge in [0.2, 0.25) is 0 Å². The molecule has 2 heterocycles. The lowest BCUT2D eigenvalue weighted by Crippen LogP contribution is -2.43. The Morgan fingerprint density at radius 2 is 1.90 bits per heavy atom. The molecule has 1 aliphatic heterocycles. The summed E-state index contributed by atoms with van der Waals surface area (Å²) < 4.78 is 5.31. The molecule has 2 N–H and O–H groups in total. The van der Waals surface area contributed by atoms with Gasteiger partial charge in [0, 0.05) is 26.3 Å². The van der Waals surface area contributed by atoms with Gasteiger partial charge in [-0.15, -0.1) is 24.0 Å². The molecule has 1 aliphatic rings. The number of halogens is 2. The third kappa shape index (κ3) is 7.28. The minimum Gasteiger partial charge on any atom is -0.497 e. The number of hydrogen-bond donors (Lipinski definition) is 2. The molecule has 30 heavy (non-hydrogen) atoms. The van der Waals surface area contributed by atoms with Crippen LogP contribution in [0, 0.1) is 0 Å². The van der Waals surface area contributed by atoms with Crippen molar-refractivity contribution in [2.75, 3.05) is 40.3 Å². The number of aliphatic imine (C=N–C) groups is 1. The Kier molecular flexibility index (Phi) is 10.7. The van der Waals surface area contributed by atoms with Crippen molar-refractivity contribution in [1.29, 1.82) is 0 Å². The van der Waals surface area contributed by atoms with Crippen LogP contribution in [0.15, 0.2) is 47.6 Å². The number of pyridine rings is 1. The molecule has 164 valence electrons. The third-order valence-electron chi connectivity index (χ3n) is 5.26. The van der Waals surface area contributed by atoms with Crippen LogP contribution in [-0.2, 0) is 6.42 Å². The van der Waals surface area contributed by atoms with E-state index in [-0.39, 0.29) is 24.0 Å². The van der Waals surface area contributed by atoms with E-state index in [2.05, 4.69) is 37.6 Å². The van der Waals surface area contributed by atoms with Gasteiger partial charge >= 0.3 is 0 Å². The van der Waals surface area contributed by atoms with Gasteiger partial charge in [0.25, 0.3) is 0 Å². The average molecular weight is 544 g/mol. The van der Waals surface area contributed by atoms with Crippen molar-refractivity contribution in [2.24, 2.45) is 4.99 Å². The summed E-state index contributed by atoms with van der Waals surface area (Å²) in [7, 11) is 3.50. The van der Waals surface area contributed by atoms with E-state index >= 15 is 0 Å². The second-order valence-corrected chi connectivity index (χ2v) is 7.54. The molecule has 0 saturated carbocycles. The van der Waals surface area contributed by atoms with Crippen LogP contribution in [0.25, 0.3) is 0 Å². The first kappa shape index (κ1) is 24.7. The summed E-state index contributed by atoms with van der Waals surface area (Å²) in [6.07, 6.45) is 5.19. The van der Waals surface area contributed by atoms with Gasteiger partial charge < -0.3 is 15.4 Å². The number of nitrogens with zero attached hydrogens (tertiary/aromatic N) is 3. The molecule has 0 amide bonds. The number of guanidine groups is 1. The molecule has 0 aliphatic carbocycles. The molecule has 1 unspecified atom stereocenters. The first-order valence-electron chi connectivity index (χ1n) is 10.1. The number of methoxy groups -OCH3 is 1. The number of ether oxygens (including phenoxy) is 1. The third-order valence-corrected chi connectivity index (χ3v) is 5.49. The molecule has 0 radical (unpaired) electrons. The van der Waals surface area contributed by atoms with Gasteiger partial charge in [-0.2, -0.15) is 0 Å². The van der Waals surface area contributed by atoms with Crippen LogP contribution in [-0.4, -0.2) is 56.2 Å². The second kappa shape index (κ2) is 13.0. The maximum atomic E-state index is 5.84. The van der Waals surface area contributed by atoms with Crippen molar-refractivity contribution in [3.05, 3.63) is 58.9 Å². The Labute approximate surface area is 201 Å². The van der Waals surface area contributed by atoms with E-state index in [4.69, 9.17) is 16.3 Å². The standard InChI is InChI=1S/C22H30ClN5O.HI/c1-24-22(25-12-11-17-5-10-21(23)26-15-17)27-16-20(28-13-3-4-14-28)18-6-8-19(29-2)9-7-18;/h5-10,15,20H,3-4,11-14,16H2,1-2H3,(H2,24,25,27);1H. The Morgan fingerprint density at radius 3 is 2.50 bits per heavy atom. The van der Waals surface area contributed by atoms with Gasteiger partial charge in [0.05, 0.1) is 13.2 Å². The number of rotatable bonds is 8. The summed E-state index contributed by atoms with van der Waals surface area (Å²) in [5, 5.41) is 7.41. The topological polar surface area (TPSA) is 61.8 Å². The van der Waals surface area contributed by atoms with E-state index in [0.717, 1.165) is 49.9 Å². The van der Waals surface area contributed by atoms with Crippen molar-refractivity contribution in [3.8, 4) is 5.75 Å². The maximum Gasteiger partial charge on any atom is 0.191 e. The highest BCUT2D eigenvalue weighted by Gasteiger charge is 2.23. The van der Waals surface area contributed by atoms with E-state index in [1.807, 2.05) is 30.5 Å². The van der Waals surface area contributed by atoms with Crippen molar-refractivity contribution in [2.45, 2.75) is 25.3 Å². The van der Waals surface area contributed by atoms with Gasteiger partial charge in [-0.3, -0.25) is 9.89 Å². The molecule has 2 aromatic rings. The molecule has 0 bridgehead atoms. The van der Waals surface area contributed by atoms with Crippen LogP contribution >= 0.6 is 35.6 Å². The predicted octanol–water partition coefficient (Wildman–Crippen LogP) is 3.91. The van der Waals surface area contributed by atoms with E-state index in [1.54, 1.807) is 14.2 Å². The van der Waals surface area contributed by atoms with Gasteiger partial charge in [0.1, 0.15) is 10.9 Å². The number of benzene rings is 1. The fourth-order valence-electron chi connectivity index (χ4n) is 3.63. The number of nitrogens with one attached hydrogen (secondary N) is 2. The van der Waals surface area contributed by atoms with Gasteiger partial charge in [0.15, 0.2) is 5.96 Å². The summed E-state index contributed by atoms with van der Waals surface area (Å²) in [5.41, 5.74) is 2.44. The Morgan fingerprint density at radius 1 is 1.17 bits per heavy atom. The normalized spacial score (nSPS) is 15.4. The molecular weight excluding hydrogens is 513 g/mol. The summed E-state index contributed by atoms with van der Waals surface area (Å²) in [4.78, 5) is 11.0. The Hall–Kier alpha value is -1.58. The van der Waals surface area contributed by atoms with E-state index in [9.17, 15) is 0 Å². The summed E-state index contributed by atoms with van der Waals surface area (Å²) in [6.45, 7) is 3.84. The summed E-state index contributed by atoms with van der Waals surface area (Å²) in [5.74, 6) is 1.70. The molecule has 1 aromatic heterocycles. The zero-order chi connectivity index (χ0) is 20.5. The van der Waals surface area contributed by atoms with Crippen LogP contribution in [0.2, 0.25) is 5.15 Å². The predicted molar refractivity (Wildman–Crippen MR) is 134 cm³/mol.